The first-order valence-electron chi connectivity index (χ1n) is 13.7. The molecular formula is C32H25BrFN7O3. The molecule has 1 aliphatic rings. The highest BCUT2D eigenvalue weighted by Gasteiger charge is 2.29. The van der Waals surface area contributed by atoms with E-state index in [1.54, 1.807) is 77.3 Å². The van der Waals surface area contributed by atoms with E-state index in [1.165, 1.54) is 16.7 Å². The van der Waals surface area contributed by atoms with Gasteiger partial charge in [-0.2, -0.15) is 10.4 Å². The molecule has 220 valence electrons. The number of carbonyl (C=O) groups is 2. The Morgan fingerprint density at radius 1 is 1.09 bits per heavy atom. The maximum atomic E-state index is 14.4. The van der Waals surface area contributed by atoms with Gasteiger partial charge in [0, 0.05) is 46.9 Å². The lowest BCUT2D eigenvalue weighted by atomic mass is 10.0. The van der Waals surface area contributed by atoms with Crippen LogP contribution in [0.3, 0.4) is 0 Å². The third-order valence-corrected chi connectivity index (χ3v) is 8.35. The molecule has 0 saturated heterocycles. The number of rotatable bonds is 6. The van der Waals surface area contributed by atoms with E-state index in [-0.39, 0.29) is 42.7 Å². The van der Waals surface area contributed by atoms with Crippen molar-refractivity contribution in [2.24, 2.45) is 0 Å². The van der Waals surface area contributed by atoms with Crippen LogP contribution in [0.2, 0.25) is 0 Å². The summed E-state index contributed by atoms with van der Waals surface area (Å²) in [6.07, 6.45) is 1.85. The quantitative estimate of drug-likeness (QED) is 0.279. The molecule has 0 aliphatic carbocycles. The Bertz CT molecular complexity index is 2050. The highest BCUT2D eigenvalue weighted by molar-refractivity contribution is 9.10. The highest BCUT2D eigenvalue weighted by Crippen LogP contribution is 2.27. The Morgan fingerprint density at radius 2 is 1.84 bits per heavy atom. The standard InChI is InChI=1S/C32H25BrFN7O3/c1-36-29(42)19-6-9-23(10-7-19)40-30-27(37-16-21-4-2-3-5-26(21)34)17-38-41(30)28-18-39(13-12-24(28)32(40)44)31(43)20-8-11-25(33)22(14-20)15-35/h2-11,14,17,37H,12-13,16,18H2,1H3,(H,36,42). The fourth-order valence-electron chi connectivity index (χ4n) is 5.36. The summed E-state index contributed by atoms with van der Waals surface area (Å²) in [6, 6.07) is 20.0. The van der Waals surface area contributed by atoms with Crippen LogP contribution in [0, 0.1) is 17.1 Å². The van der Waals surface area contributed by atoms with Crippen LogP contribution in [0.4, 0.5) is 10.1 Å². The zero-order valence-corrected chi connectivity index (χ0v) is 25.1. The van der Waals surface area contributed by atoms with Gasteiger partial charge in [-0.25, -0.2) is 8.91 Å². The molecule has 2 N–H and O–H groups in total. The van der Waals surface area contributed by atoms with Gasteiger partial charge in [0.25, 0.3) is 17.4 Å². The number of carbonyl (C=O) groups excluding carboxylic acids is 2. The highest BCUT2D eigenvalue weighted by atomic mass is 79.9. The summed E-state index contributed by atoms with van der Waals surface area (Å²) < 4.78 is 18.2. The van der Waals surface area contributed by atoms with Gasteiger partial charge in [-0.1, -0.05) is 18.2 Å². The van der Waals surface area contributed by atoms with E-state index < -0.39 is 0 Å². The average molecular weight is 654 g/mol. The molecule has 5 aromatic rings. The van der Waals surface area contributed by atoms with Crippen molar-refractivity contribution in [2.45, 2.75) is 19.5 Å². The third-order valence-electron chi connectivity index (χ3n) is 7.66. The molecule has 0 spiro atoms. The topological polar surface area (TPSA) is 125 Å². The Morgan fingerprint density at radius 3 is 2.57 bits per heavy atom. The summed E-state index contributed by atoms with van der Waals surface area (Å²) in [6.45, 7) is 0.548. The van der Waals surface area contributed by atoms with Crippen LogP contribution in [0.25, 0.3) is 11.3 Å². The predicted molar refractivity (Wildman–Crippen MR) is 165 cm³/mol. The molecule has 0 fully saturated rings. The summed E-state index contributed by atoms with van der Waals surface area (Å²) in [4.78, 5) is 41.4. The van der Waals surface area contributed by atoms with Gasteiger partial charge < -0.3 is 15.5 Å². The molecule has 0 saturated carbocycles. The number of anilines is 1. The van der Waals surface area contributed by atoms with Crippen LogP contribution < -0.4 is 16.2 Å². The number of hydrogen-bond acceptors (Lipinski definition) is 6. The first-order chi connectivity index (χ1) is 21.3. The Labute approximate surface area is 259 Å². The van der Waals surface area contributed by atoms with Crippen LogP contribution in [-0.2, 0) is 19.5 Å². The summed E-state index contributed by atoms with van der Waals surface area (Å²) in [5.41, 5.74) is 3.78. The third kappa shape index (κ3) is 5.11. The summed E-state index contributed by atoms with van der Waals surface area (Å²) in [7, 11) is 1.54. The molecule has 0 unspecified atom stereocenters. The molecule has 2 aromatic heterocycles. The zero-order valence-electron chi connectivity index (χ0n) is 23.5. The number of benzene rings is 3. The van der Waals surface area contributed by atoms with Crippen molar-refractivity contribution >= 4 is 39.1 Å². The maximum absolute atomic E-state index is 14.4. The van der Waals surface area contributed by atoms with Gasteiger partial charge in [0.2, 0.25) is 0 Å². The molecule has 10 nitrogen and oxygen atoms in total. The van der Waals surface area contributed by atoms with Gasteiger partial charge >= 0.3 is 0 Å². The van der Waals surface area contributed by atoms with Crippen LogP contribution >= 0.6 is 15.9 Å². The second-order valence-electron chi connectivity index (χ2n) is 10.2. The van der Waals surface area contributed by atoms with Gasteiger partial charge in [0.15, 0.2) is 5.65 Å². The SMILES string of the molecule is CNC(=O)c1ccc(-n2c(=O)c3c(n4ncc(NCc5ccccc5F)c24)CN(C(=O)c2ccc(Br)c(C#N)c2)CC3)cc1. The average Bonchev–Trinajstić information content (AvgIpc) is 3.47. The van der Waals surface area contributed by atoms with E-state index in [0.717, 1.165) is 0 Å². The lowest BCUT2D eigenvalue weighted by Gasteiger charge is -2.29. The summed E-state index contributed by atoms with van der Waals surface area (Å²) >= 11 is 3.32. The number of amides is 2. The zero-order chi connectivity index (χ0) is 31.0. The van der Waals surface area contributed by atoms with E-state index in [4.69, 9.17) is 0 Å². The molecule has 1 aliphatic heterocycles. The molecule has 0 radical (unpaired) electrons. The van der Waals surface area contributed by atoms with Crippen molar-refractivity contribution in [2.75, 3.05) is 18.9 Å². The van der Waals surface area contributed by atoms with Crippen molar-refractivity contribution in [3.8, 4) is 11.8 Å². The number of nitrogens with one attached hydrogen (secondary N) is 2. The van der Waals surface area contributed by atoms with Crippen LogP contribution in [0.5, 0.6) is 0 Å². The van der Waals surface area contributed by atoms with E-state index >= 15 is 0 Å². The van der Waals surface area contributed by atoms with Gasteiger partial charge in [-0.3, -0.25) is 19.0 Å². The molecule has 0 atom stereocenters. The molecular weight excluding hydrogens is 629 g/mol. The van der Waals surface area contributed by atoms with Crippen LogP contribution in [0.15, 0.2) is 82.2 Å². The molecule has 12 heteroatoms. The van der Waals surface area contributed by atoms with E-state index in [2.05, 4.69) is 37.7 Å². The number of nitrogens with zero attached hydrogens (tertiary/aromatic N) is 5. The Balaban J connectivity index is 1.45. The molecule has 6 rings (SSSR count). The largest absolute Gasteiger partial charge is 0.377 e. The van der Waals surface area contributed by atoms with Crippen molar-refractivity contribution in [3.05, 3.63) is 127 Å². The molecule has 3 heterocycles. The predicted octanol–water partition coefficient (Wildman–Crippen LogP) is 4.43. The molecule has 44 heavy (non-hydrogen) atoms. The first kappa shape index (κ1) is 28.8. The van der Waals surface area contributed by atoms with E-state index in [0.29, 0.717) is 61.6 Å². The number of fused-ring (bicyclic) bond motifs is 3. The second-order valence-corrected chi connectivity index (χ2v) is 11.1. The Hall–Kier alpha value is -5.28. The maximum Gasteiger partial charge on any atom is 0.261 e. The van der Waals surface area contributed by atoms with Gasteiger partial charge in [0.1, 0.15) is 11.9 Å². The van der Waals surface area contributed by atoms with Crippen molar-refractivity contribution in [1.29, 1.82) is 5.26 Å². The summed E-state index contributed by atoms with van der Waals surface area (Å²) in [5.74, 6) is -0.891. The minimum absolute atomic E-state index is 0.114. The van der Waals surface area contributed by atoms with Crippen molar-refractivity contribution in [3.63, 3.8) is 0 Å². The molecule has 3 aromatic carbocycles. The lowest BCUT2D eigenvalue weighted by molar-refractivity contribution is 0.0729. The fraction of sp³-hybridized carbons (Fsp3) is 0.156. The van der Waals surface area contributed by atoms with Gasteiger partial charge in [-0.15, -0.1) is 0 Å². The monoisotopic (exact) mass is 653 g/mol. The molecule has 2 amide bonds. The second kappa shape index (κ2) is 11.8. The minimum Gasteiger partial charge on any atom is -0.377 e. The van der Waals surface area contributed by atoms with Gasteiger partial charge in [0.05, 0.1) is 35.4 Å². The van der Waals surface area contributed by atoms with E-state index in [1.807, 2.05) is 0 Å². The van der Waals surface area contributed by atoms with Gasteiger partial charge in [-0.05, 0) is 70.9 Å². The number of aromatic nitrogens is 3. The normalized spacial score (nSPS) is 12.5. The van der Waals surface area contributed by atoms with Crippen molar-refractivity contribution < 1.29 is 14.0 Å². The summed E-state index contributed by atoms with van der Waals surface area (Å²) in [5, 5.41) is 19.8. The lowest BCUT2D eigenvalue weighted by Crippen LogP contribution is -2.41. The smallest absolute Gasteiger partial charge is 0.261 e. The number of hydrogen-bond donors (Lipinski definition) is 2. The Kier molecular flexibility index (Phi) is 7.71. The van der Waals surface area contributed by atoms with Crippen LogP contribution in [0.1, 0.15) is 43.1 Å². The van der Waals surface area contributed by atoms with Crippen molar-refractivity contribution in [1.82, 2.24) is 24.4 Å². The number of nitriles is 1. The minimum atomic E-state index is -0.363. The fourth-order valence-corrected chi connectivity index (χ4v) is 5.70. The number of halogens is 2. The van der Waals surface area contributed by atoms with Crippen LogP contribution in [-0.4, -0.2) is 44.5 Å². The first-order valence-corrected chi connectivity index (χ1v) is 14.5. The van der Waals surface area contributed by atoms with E-state index in [9.17, 15) is 24.0 Å². The molecule has 0 bridgehead atoms.